The van der Waals surface area contributed by atoms with E-state index in [-0.39, 0.29) is 24.2 Å². The lowest BCUT2D eigenvalue weighted by molar-refractivity contribution is -0.0412. The van der Waals surface area contributed by atoms with E-state index in [0.717, 1.165) is 19.5 Å². The molecule has 0 radical (unpaired) electrons. The average Bonchev–Trinajstić information content (AvgIpc) is 2.40. The maximum atomic E-state index is 12.2. The zero-order valence-electron chi connectivity index (χ0n) is 15.6. The maximum absolute atomic E-state index is 12.2. The fourth-order valence-corrected chi connectivity index (χ4v) is 3.82. The molecule has 2 saturated heterocycles. The standard InChI is InChI=1S/C18H34N2O3/c1-17(2,3)8-14(11-21)19-15-12-7-13(15)10-20(9-12)16(22)23-18(4,5)6/h12-15,19,21H,7-11H2,1-6H3. The van der Waals surface area contributed by atoms with Gasteiger partial charge in [0.05, 0.1) is 6.61 Å². The van der Waals surface area contributed by atoms with E-state index in [9.17, 15) is 9.90 Å². The first kappa shape index (κ1) is 18.5. The lowest BCUT2D eigenvalue weighted by Gasteiger charge is -2.54. The van der Waals surface area contributed by atoms with Crippen LogP contribution in [0.1, 0.15) is 54.4 Å². The summed E-state index contributed by atoms with van der Waals surface area (Å²) in [5.41, 5.74) is -0.243. The molecule has 1 amide bonds. The third-order valence-corrected chi connectivity index (χ3v) is 4.69. The maximum Gasteiger partial charge on any atom is 0.410 e. The molecule has 0 aromatic carbocycles. The zero-order chi connectivity index (χ0) is 17.4. The minimum Gasteiger partial charge on any atom is -0.444 e. The molecular weight excluding hydrogens is 292 g/mol. The number of fused-ring (bicyclic) bond motifs is 2. The van der Waals surface area contributed by atoms with Crippen LogP contribution in [0.3, 0.4) is 0 Å². The first-order chi connectivity index (χ1) is 10.5. The Morgan fingerprint density at radius 2 is 1.78 bits per heavy atom. The Morgan fingerprint density at radius 3 is 2.22 bits per heavy atom. The number of hydrogen-bond acceptors (Lipinski definition) is 4. The van der Waals surface area contributed by atoms with E-state index in [1.54, 1.807) is 0 Å². The monoisotopic (exact) mass is 326 g/mol. The molecule has 2 aliphatic heterocycles. The third-order valence-electron chi connectivity index (χ3n) is 4.69. The molecule has 1 saturated carbocycles. The molecule has 5 heteroatoms. The van der Waals surface area contributed by atoms with Crippen molar-refractivity contribution >= 4 is 6.09 Å². The summed E-state index contributed by atoms with van der Waals surface area (Å²) in [7, 11) is 0. The summed E-state index contributed by atoms with van der Waals surface area (Å²) in [6.07, 6.45) is 1.93. The van der Waals surface area contributed by atoms with Gasteiger partial charge in [0.15, 0.2) is 0 Å². The van der Waals surface area contributed by atoms with Gasteiger partial charge < -0.3 is 20.1 Å². The number of carbonyl (C=O) groups excluding carboxylic acids is 1. The molecule has 1 aliphatic carbocycles. The van der Waals surface area contributed by atoms with Gasteiger partial charge in [-0.15, -0.1) is 0 Å². The Morgan fingerprint density at radius 1 is 1.22 bits per heavy atom. The molecule has 3 unspecified atom stereocenters. The Balaban J connectivity index is 1.85. The number of nitrogens with one attached hydrogen (secondary N) is 1. The van der Waals surface area contributed by atoms with Crippen LogP contribution in [0, 0.1) is 17.3 Å². The summed E-state index contributed by atoms with van der Waals surface area (Å²) >= 11 is 0. The number of carbonyl (C=O) groups is 1. The van der Waals surface area contributed by atoms with Gasteiger partial charge in [-0.1, -0.05) is 20.8 Å². The lowest BCUT2D eigenvalue weighted by atomic mass is 9.66. The minimum atomic E-state index is -0.439. The molecule has 3 rings (SSSR count). The largest absolute Gasteiger partial charge is 0.444 e. The van der Waals surface area contributed by atoms with E-state index < -0.39 is 5.60 Å². The topological polar surface area (TPSA) is 61.8 Å². The molecule has 0 aromatic heterocycles. The molecule has 5 nitrogen and oxygen atoms in total. The minimum absolute atomic E-state index is 0.137. The number of piperidine rings is 2. The Kier molecular flexibility index (Phi) is 5.31. The van der Waals surface area contributed by atoms with Gasteiger partial charge in [0, 0.05) is 25.2 Å². The molecule has 2 N–H and O–H groups in total. The van der Waals surface area contributed by atoms with Gasteiger partial charge in [-0.2, -0.15) is 0 Å². The summed E-state index contributed by atoms with van der Waals surface area (Å²) in [6, 6.07) is 0.562. The number of rotatable bonds is 4. The van der Waals surface area contributed by atoms with Crippen molar-refractivity contribution in [3.63, 3.8) is 0 Å². The van der Waals surface area contributed by atoms with E-state index in [1.165, 1.54) is 6.42 Å². The number of aliphatic hydroxyl groups is 1. The number of aliphatic hydroxyl groups excluding tert-OH is 1. The Bertz CT molecular complexity index is 413. The van der Waals surface area contributed by atoms with Crippen molar-refractivity contribution < 1.29 is 14.6 Å². The van der Waals surface area contributed by atoms with Crippen LogP contribution in [0.2, 0.25) is 0 Å². The number of hydrogen-bond donors (Lipinski definition) is 2. The Labute approximate surface area is 140 Å². The second-order valence-electron chi connectivity index (χ2n) is 9.48. The van der Waals surface area contributed by atoms with Crippen molar-refractivity contribution in [3.8, 4) is 0 Å². The smallest absolute Gasteiger partial charge is 0.410 e. The van der Waals surface area contributed by atoms with E-state index in [0.29, 0.717) is 17.9 Å². The van der Waals surface area contributed by atoms with Crippen LogP contribution in [-0.4, -0.2) is 53.5 Å². The third kappa shape index (κ3) is 5.08. The number of ether oxygens (including phenoxy) is 1. The molecule has 0 aromatic rings. The van der Waals surface area contributed by atoms with Crippen molar-refractivity contribution in [1.82, 2.24) is 10.2 Å². The summed E-state index contributed by atoms with van der Waals surface area (Å²) in [6.45, 7) is 14.0. The van der Waals surface area contributed by atoms with Gasteiger partial charge >= 0.3 is 6.09 Å². The van der Waals surface area contributed by atoms with E-state index >= 15 is 0 Å². The second-order valence-corrected chi connectivity index (χ2v) is 9.48. The van der Waals surface area contributed by atoms with Crippen LogP contribution in [0.15, 0.2) is 0 Å². The van der Waals surface area contributed by atoms with Crippen LogP contribution in [0.25, 0.3) is 0 Å². The molecule has 2 heterocycles. The van der Waals surface area contributed by atoms with Crippen molar-refractivity contribution in [1.29, 1.82) is 0 Å². The van der Waals surface area contributed by atoms with E-state index in [4.69, 9.17) is 4.74 Å². The summed E-state index contributed by atoms with van der Waals surface area (Å²) in [4.78, 5) is 14.0. The molecule has 3 atom stereocenters. The van der Waals surface area contributed by atoms with E-state index in [1.807, 2.05) is 25.7 Å². The fraction of sp³-hybridized carbons (Fsp3) is 0.944. The highest BCUT2D eigenvalue weighted by molar-refractivity contribution is 5.68. The lowest BCUT2D eigenvalue weighted by Crippen LogP contribution is -2.66. The fourth-order valence-electron chi connectivity index (χ4n) is 3.82. The molecule has 134 valence electrons. The molecular formula is C18H34N2O3. The molecule has 0 spiro atoms. The predicted octanol–water partition coefficient (Wildman–Crippen LogP) is 2.63. The zero-order valence-corrected chi connectivity index (χ0v) is 15.6. The highest BCUT2D eigenvalue weighted by Gasteiger charge is 2.49. The quantitative estimate of drug-likeness (QED) is 0.834. The van der Waals surface area contributed by atoms with Gasteiger partial charge in [-0.3, -0.25) is 0 Å². The first-order valence-corrected chi connectivity index (χ1v) is 8.83. The Hall–Kier alpha value is -0.810. The van der Waals surface area contributed by atoms with Gasteiger partial charge in [0.2, 0.25) is 0 Å². The van der Waals surface area contributed by atoms with Crippen LogP contribution >= 0.6 is 0 Å². The SMILES string of the molecule is CC(C)(C)CC(CO)NC1C2CC1CN(C(=O)OC(C)(C)C)C2. The van der Waals surface area contributed by atoms with Gasteiger partial charge in [-0.25, -0.2) is 4.79 Å². The van der Waals surface area contributed by atoms with Crippen molar-refractivity contribution in [3.05, 3.63) is 0 Å². The predicted molar refractivity (Wildman–Crippen MR) is 91.3 cm³/mol. The second kappa shape index (κ2) is 6.60. The van der Waals surface area contributed by atoms with Crippen LogP contribution in [-0.2, 0) is 4.74 Å². The van der Waals surface area contributed by atoms with Gasteiger partial charge in [0.25, 0.3) is 0 Å². The summed E-state index contributed by atoms with van der Waals surface area (Å²) in [5.74, 6) is 0.963. The molecule has 23 heavy (non-hydrogen) atoms. The van der Waals surface area contributed by atoms with Crippen LogP contribution < -0.4 is 5.32 Å². The highest BCUT2D eigenvalue weighted by Crippen LogP contribution is 2.41. The van der Waals surface area contributed by atoms with Crippen molar-refractivity contribution in [2.45, 2.75) is 72.1 Å². The van der Waals surface area contributed by atoms with Crippen molar-refractivity contribution in [2.24, 2.45) is 17.3 Å². The number of nitrogens with zero attached hydrogens (tertiary/aromatic N) is 1. The van der Waals surface area contributed by atoms with Crippen LogP contribution in [0.5, 0.6) is 0 Å². The summed E-state index contributed by atoms with van der Waals surface area (Å²) in [5, 5.41) is 13.3. The van der Waals surface area contributed by atoms with Gasteiger partial charge in [0.1, 0.15) is 5.60 Å². The first-order valence-electron chi connectivity index (χ1n) is 8.83. The molecule has 3 fully saturated rings. The van der Waals surface area contributed by atoms with Crippen molar-refractivity contribution in [2.75, 3.05) is 19.7 Å². The number of amides is 1. The average molecular weight is 326 g/mol. The van der Waals surface area contributed by atoms with Gasteiger partial charge in [-0.05, 0) is 50.9 Å². The normalized spacial score (nSPS) is 29.0. The van der Waals surface area contributed by atoms with E-state index in [2.05, 4.69) is 26.1 Å². The highest BCUT2D eigenvalue weighted by atomic mass is 16.6. The summed E-state index contributed by atoms with van der Waals surface area (Å²) < 4.78 is 5.48. The molecule has 3 aliphatic rings. The molecule has 2 bridgehead atoms. The van der Waals surface area contributed by atoms with Crippen LogP contribution in [0.4, 0.5) is 4.79 Å².